The molecule has 0 spiro atoms. The summed E-state index contributed by atoms with van der Waals surface area (Å²) in [6, 6.07) is 4.50. The van der Waals surface area contributed by atoms with Gasteiger partial charge in [-0.15, -0.1) is 0 Å². The van der Waals surface area contributed by atoms with Gasteiger partial charge in [-0.2, -0.15) is 0 Å². The van der Waals surface area contributed by atoms with E-state index in [-0.39, 0.29) is 12.3 Å². The Labute approximate surface area is 105 Å². The van der Waals surface area contributed by atoms with E-state index in [2.05, 4.69) is 0 Å². The minimum absolute atomic E-state index is 0.0349. The molecule has 0 bridgehead atoms. The normalized spacial score (nSPS) is 11.5. The molecule has 94 valence electrons. The van der Waals surface area contributed by atoms with Crippen LogP contribution >= 0.6 is 11.6 Å². The highest BCUT2D eigenvalue weighted by atomic mass is 35.5. The molecular formula is C11H15ClN2O3. The number of benzene rings is 1. The van der Waals surface area contributed by atoms with Crippen molar-refractivity contribution in [3.05, 3.63) is 38.9 Å². The van der Waals surface area contributed by atoms with Crippen molar-refractivity contribution in [2.45, 2.75) is 26.0 Å². The van der Waals surface area contributed by atoms with Gasteiger partial charge in [-0.05, 0) is 26.0 Å². The van der Waals surface area contributed by atoms with E-state index in [0.29, 0.717) is 17.2 Å². The van der Waals surface area contributed by atoms with Crippen molar-refractivity contribution >= 4 is 17.3 Å². The number of hydrogen-bond acceptors (Lipinski definition) is 4. The Hall–Kier alpha value is -1.17. The minimum Gasteiger partial charge on any atom is -0.375 e. The van der Waals surface area contributed by atoms with Crippen molar-refractivity contribution in [3.8, 4) is 0 Å². The number of nitro groups is 1. The maximum Gasteiger partial charge on any atom is 0.276 e. The molecule has 1 aromatic carbocycles. The highest BCUT2D eigenvalue weighted by molar-refractivity contribution is 6.30. The first-order valence-electron chi connectivity index (χ1n) is 5.09. The van der Waals surface area contributed by atoms with Crippen LogP contribution < -0.4 is 5.73 Å². The van der Waals surface area contributed by atoms with Gasteiger partial charge in [0, 0.05) is 16.6 Å². The van der Waals surface area contributed by atoms with Crippen LogP contribution in [0.2, 0.25) is 5.02 Å². The van der Waals surface area contributed by atoms with Crippen LogP contribution in [0.3, 0.4) is 0 Å². The predicted molar refractivity (Wildman–Crippen MR) is 66.0 cm³/mol. The second-order valence-corrected chi connectivity index (χ2v) is 4.95. The summed E-state index contributed by atoms with van der Waals surface area (Å²) in [6.45, 7) is 4.12. The van der Waals surface area contributed by atoms with Crippen LogP contribution in [-0.4, -0.2) is 17.1 Å². The molecular weight excluding hydrogens is 244 g/mol. The predicted octanol–water partition coefficient (Wildman–Crippen LogP) is 2.50. The Balaban J connectivity index is 2.74. The minimum atomic E-state index is -0.474. The van der Waals surface area contributed by atoms with Gasteiger partial charge in [-0.1, -0.05) is 11.6 Å². The van der Waals surface area contributed by atoms with E-state index in [1.54, 1.807) is 12.1 Å². The Kier molecular flexibility index (Phi) is 4.45. The molecule has 0 aromatic heterocycles. The number of nitrogens with two attached hydrogens (primary N) is 1. The van der Waals surface area contributed by atoms with Crippen LogP contribution in [0.4, 0.5) is 5.69 Å². The molecule has 6 heteroatoms. The molecule has 17 heavy (non-hydrogen) atoms. The fraction of sp³-hybridized carbons (Fsp3) is 0.455. The van der Waals surface area contributed by atoms with Crippen molar-refractivity contribution in [2.75, 3.05) is 6.61 Å². The van der Waals surface area contributed by atoms with Crippen LogP contribution in [0.1, 0.15) is 19.4 Å². The van der Waals surface area contributed by atoms with Gasteiger partial charge in [0.1, 0.15) is 0 Å². The standard InChI is InChI=1S/C11H15ClN2O3/c1-11(2,13)7-17-6-8-3-4-9(12)5-10(8)14(15)16/h3-5H,6-7,13H2,1-2H3. The second kappa shape index (κ2) is 5.44. The Morgan fingerprint density at radius 2 is 2.18 bits per heavy atom. The largest absolute Gasteiger partial charge is 0.375 e. The third kappa shape index (κ3) is 4.68. The van der Waals surface area contributed by atoms with Gasteiger partial charge in [0.2, 0.25) is 0 Å². The van der Waals surface area contributed by atoms with Crippen molar-refractivity contribution in [1.29, 1.82) is 0 Å². The zero-order valence-corrected chi connectivity index (χ0v) is 10.5. The van der Waals surface area contributed by atoms with Gasteiger partial charge in [-0.25, -0.2) is 0 Å². The molecule has 0 aliphatic heterocycles. The molecule has 0 saturated carbocycles. The van der Waals surface area contributed by atoms with Gasteiger partial charge >= 0.3 is 0 Å². The number of nitro benzene ring substituents is 1. The van der Waals surface area contributed by atoms with Crippen molar-refractivity contribution < 1.29 is 9.66 Å². The molecule has 0 unspecified atom stereocenters. The summed E-state index contributed by atoms with van der Waals surface area (Å²) in [5.74, 6) is 0. The van der Waals surface area contributed by atoms with E-state index in [9.17, 15) is 10.1 Å². The van der Waals surface area contributed by atoms with Crippen molar-refractivity contribution in [1.82, 2.24) is 0 Å². The lowest BCUT2D eigenvalue weighted by molar-refractivity contribution is -0.385. The smallest absolute Gasteiger partial charge is 0.276 e. The van der Waals surface area contributed by atoms with Gasteiger partial charge < -0.3 is 10.5 Å². The van der Waals surface area contributed by atoms with E-state index in [0.717, 1.165) is 0 Å². The molecule has 0 saturated heterocycles. The van der Waals surface area contributed by atoms with Crippen LogP contribution in [0.5, 0.6) is 0 Å². The average Bonchev–Trinajstić information content (AvgIpc) is 2.18. The molecule has 0 aliphatic rings. The Bertz CT molecular complexity index is 416. The molecule has 2 N–H and O–H groups in total. The number of halogens is 1. The van der Waals surface area contributed by atoms with E-state index < -0.39 is 10.5 Å². The van der Waals surface area contributed by atoms with Crippen LogP contribution in [-0.2, 0) is 11.3 Å². The molecule has 1 rings (SSSR count). The topological polar surface area (TPSA) is 78.4 Å². The number of rotatable bonds is 5. The average molecular weight is 259 g/mol. The summed E-state index contributed by atoms with van der Waals surface area (Å²) in [5.41, 5.74) is 5.74. The fourth-order valence-corrected chi connectivity index (χ4v) is 1.42. The van der Waals surface area contributed by atoms with E-state index in [4.69, 9.17) is 22.1 Å². The van der Waals surface area contributed by atoms with Gasteiger partial charge in [-0.3, -0.25) is 10.1 Å². The zero-order valence-electron chi connectivity index (χ0n) is 9.77. The zero-order chi connectivity index (χ0) is 13.1. The molecule has 0 radical (unpaired) electrons. The maximum absolute atomic E-state index is 10.8. The molecule has 1 aromatic rings. The first-order chi connectivity index (χ1) is 7.79. The molecule has 0 aliphatic carbocycles. The summed E-state index contributed by atoms with van der Waals surface area (Å²) < 4.78 is 5.34. The van der Waals surface area contributed by atoms with Gasteiger partial charge in [0.05, 0.1) is 23.7 Å². The lowest BCUT2D eigenvalue weighted by Crippen LogP contribution is -2.37. The van der Waals surface area contributed by atoms with E-state index in [1.807, 2.05) is 13.8 Å². The number of ether oxygens (including phenoxy) is 1. The lowest BCUT2D eigenvalue weighted by Gasteiger charge is -2.18. The van der Waals surface area contributed by atoms with Crippen molar-refractivity contribution in [3.63, 3.8) is 0 Å². The highest BCUT2D eigenvalue weighted by Gasteiger charge is 2.16. The second-order valence-electron chi connectivity index (χ2n) is 4.51. The molecule has 0 fully saturated rings. The molecule has 0 heterocycles. The van der Waals surface area contributed by atoms with Gasteiger partial charge in [0.25, 0.3) is 5.69 Å². The van der Waals surface area contributed by atoms with E-state index >= 15 is 0 Å². The van der Waals surface area contributed by atoms with Crippen LogP contribution in [0.25, 0.3) is 0 Å². The van der Waals surface area contributed by atoms with E-state index in [1.165, 1.54) is 6.07 Å². The molecule has 0 atom stereocenters. The Morgan fingerprint density at radius 1 is 1.53 bits per heavy atom. The quantitative estimate of drug-likeness (QED) is 0.650. The van der Waals surface area contributed by atoms with Crippen LogP contribution in [0.15, 0.2) is 18.2 Å². The summed E-state index contributed by atoms with van der Waals surface area (Å²) in [6.07, 6.45) is 0. The maximum atomic E-state index is 10.8. The molecule has 5 nitrogen and oxygen atoms in total. The Morgan fingerprint density at radius 3 is 2.71 bits per heavy atom. The van der Waals surface area contributed by atoms with Gasteiger partial charge in [0.15, 0.2) is 0 Å². The van der Waals surface area contributed by atoms with Crippen LogP contribution in [0, 0.1) is 10.1 Å². The number of hydrogen-bond donors (Lipinski definition) is 1. The lowest BCUT2D eigenvalue weighted by atomic mass is 10.1. The first kappa shape index (κ1) is 13.9. The third-order valence-electron chi connectivity index (χ3n) is 1.98. The molecule has 0 amide bonds. The SMILES string of the molecule is CC(C)(N)COCc1ccc(Cl)cc1[N+](=O)[O-]. The summed E-state index contributed by atoms with van der Waals surface area (Å²) in [7, 11) is 0. The highest BCUT2D eigenvalue weighted by Crippen LogP contribution is 2.23. The third-order valence-corrected chi connectivity index (χ3v) is 2.21. The summed E-state index contributed by atoms with van der Waals surface area (Å²) in [5, 5.41) is 11.1. The monoisotopic (exact) mass is 258 g/mol. The van der Waals surface area contributed by atoms with Crippen molar-refractivity contribution in [2.24, 2.45) is 5.73 Å². The first-order valence-corrected chi connectivity index (χ1v) is 5.47. The summed E-state index contributed by atoms with van der Waals surface area (Å²) in [4.78, 5) is 10.3. The fourth-order valence-electron chi connectivity index (χ4n) is 1.25. The summed E-state index contributed by atoms with van der Waals surface area (Å²) >= 11 is 5.70. The number of nitrogens with zero attached hydrogens (tertiary/aromatic N) is 1.